The minimum Gasteiger partial charge on any atom is -0.370 e. The van der Waals surface area contributed by atoms with Crippen LogP contribution in [0.5, 0.6) is 0 Å². The smallest absolute Gasteiger partial charge is 0.263 e. The molecule has 5 heterocycles. The number of aromatic nitrogens is 3. The third-order valence-corrected chi connectivity index (χ3v) is 9.60. The molecule has 208 valence electrons. The molecule has 0 unspecified atom stereocenters. The molecule has 1 saturated carbocycles. The number of likely N-dealkylation sites (N-methyl/N-ethyl adjacent to an activating group) is 1. The van der Waals surface area contributed by atoms with Crippen molar-refractivity contribution in [2.24, 2.45) is 0 Å². The van der Waals surface area contributed by atoms with Gasteiger partial charge in [0.2, 0.25) is 5.95 Å². The van der Waals surface area contributed by atoms with E-state index in [1.54, 1.807) is 23.9 Å². The first-order valence-electron chi connectivity index (χ1n) is 15.7. The van der Waals surface area contributed by atoms with Crippen molar-refractivity contribution < 1.29 is 8.91 Å². The Morgan fingerprint density at radius 1 is 1.03 bits per heavy atom. The summed E-state index contributed by atoms with van der Waals surface area (Å²) in [6.45, 7) is 2.77. The van der Waals surface area contributed by atoms with Crippen LogP contribution in [0.4, 0.5) is 17.5 Å². The topological polar surface area (TPSA) is 80.7 Å². The van der Waals surface area contributed by atoms with Gasteiger partial charge < -0.3 is 20.0 Å². The number of pyridine rings is 1. The Kier molecular flexibility index (Phi) is 6.68. The number of piperidine rings is 1. The summed E-state index contributed by atoms with van der Waals surface area (Å²) in [7, 11) is 3.60. The molecule has 0 aromatic carbocycles. The monoisotopic (exact) mass is 551 g/mol. The highest BCUT2D eigenvalue weighted by atomic mass is 32.1. The van der Waals surface area contributed by atoms with Crippen LogP contribution in [0, 0.1) is 0 Å². The summed E-state index contributed by atoms with van der Waals surface area (Å²) < 4.78 is 23.9. The van der Waals surface area contributed by atoms with E-state index in [4.69, 9.17) is 9.10 Å². The quantitative estimate of drug-likeness (QED) is 0.483. The van der Waals surface area contributed by atoms with Crippen LogP contribution in [0.1, 0.15) is 63.8 Å². The summed E-state index contributed by atoms with van der Waals surface area (Å²) in [5.74, 6) is 1.57. The van der Waals surface area contributed by atoms with E-state index in [2.05, 4.69) is 31.2 Å². The van der Waals surface area contributed by atoms with Gasteiger partial charge in [0.25, 0.3) is 5.91 Å². The fourth-order valence-electron chi connectivity index (χ4n) is 6.26. The van der Waals surface area contributed by atoms with E-state index in [1.807, 2.05) is 18.5 Å². The SMILES string of the molecule is [2H]C([2H])([2H])N1CCN(C2CCN(c3ccc(Nc4ncc5sc(C(=O)N(C)C)c(C6CCCC6)c5n4)nc3)CC2)CC1. The van der Waals surface area contributed by atoms with Crippen molar-refractivity contribution in [3.05, 3.63) is 35.0 Å². The van der Waals surface area contributed by atoms with Crippen LogP contribution in [-0.4, -0.2) is 102 Å². The maximum absolute atomic E-state index is 13.0. The number of amides is 1. The molecule has 6 rings (SSSR count). The van der Waals surface area contributed by atoms with Crippen LogP contribution >= 0.6 is 11.3 Å². The number of carbonyl (C=O) groups is 1. The molecule has 10 heteroatoms. The number of nitrogens with one attached hydrogen (secondary N) is 1. The zero-order valence-electron chi connectivity index (χ0n) is 25.9. The van der Waals surface area contributed by atoms with Crippen molar-refractivity contribution in [2.75, 3.05) is 70.6 Å². The molecule has 0 spiro atoms. The van der Waals surface area contributed by atoms with E-state index >= 15 is 0 Å². The van der Waals surface area contributed by atoms with Gasteiger partial charge in [0, 0.05) is 69.1 Å². The molecule has 3 aliphatic rings. The van der Waals surface area contributed by atoms with Gasteiger partial charge in [-0.05, 0) is 50.7 Å². The average molecular weight is 552 g/mol. The van der Waals surface area contributed by atoms with Gasteiger partial charge in [0.1, 0.15) is 5.82 Å². The summed E-state index contributed by atoms with van der Waals surface area (Å²) >= 11 is 1.50. The molecule has 0 atom stereocenters. The molecule has 0 radical (unpaired) electrons. The number of piperazine rings is 1. The number of hydrogen-bond acceptors (Lipinski definition) is 9. The lowest BCUT2D eigenvalue weighted by Crippen LogP contribution is -2.52. The molecule has 1 aliphatic carbocycles. The van der Waals surface area contributed by atoms with E-state index in [0.717, 1.165) is 78.2 Å². The lowest BCUT2D eigenvalue weighted by Gasteiger charge is -2.42. The number of carbonyl (C=O) groups excluding carboxylic acids is 1. The van der Waals surface area contributed by atoms with Gasteiger partial charge in [-0.1, -0.05) is 12.8 Å². The van der Waals surface area contributed by atoms with Gasteiger partial charge in [-0.2, -0.15) is 0 Å². The Morgan fingerprint density at radius 3 is 2.46 bits per heavy atom. The molecule has 1 amide bonds. The lowest BCUT2D eigenvalue weighted by atomic mass is 9.96. The molecule has 3 aromatic rings. The van der Waals surface area contributed by atoms with Crippen LogP contribution in [0.3, 0.4) is 0 Å². The Morgan fingerprint density at radius 2 is 1.79 bits per heavy atom. The fraction of sp³-hybridized carbons (Fsp3) is 0.586. The van der Waals surface area contributed by atoms with Crippen molar-refractivity contribution in [1.82, 2.24) is 29.7 Å². The molecule has 0 bridgehead atoms. The Bertz CT molecular complexity index is 1390. The number of rotatable bonds is 6. The van der Waals surface area contributed by atoms with E-state index in [-0.39, 0.29) is 5.91 Å². The maximum atomic E-state index is 13.0. The van der Waals surface area contributed by atoms with Crippen LogP contribution in [0.2, 0.25) is 0 Å². The molecule has 3 fully saturated rings. The minimum atomic E-state index is -1.99. The van der Waals surface area contributed by atoms with Gasteiger partial charge >= 0.3 is 0 Å². The highest BCUT2D eigenvalue weighted by molar-refractivity contribution is 7.21. The molecule has 1 N–H and O–H groups in total. The Hall–Kier alpha value is -2.82. The van der Waals surface area contributed by atoms with Crippen molar-refractivity contribution in [1.29, 1.82) is 0 Å². The van der Waals surface area contributed by atoms with Crippen molar-refractivity contribution in [2.45, 2.75) is 50.5 Å². The van der Waals surface area contributed by atoms with E-state index < -0.39 is 6.98 Å². The predicted molar refractivity (Wildman–Crippen MR) is 158 cm³/mol. The molecule has 2 saturated heterocycles. The van der Waals surface area contributed by atoms with Gasteiger partial charge in [-0.15, -0.1) is 11.3 Å². The first-order chi connectivity index (χ1) is 20.2. The maximum Gasteiger partial charge on any atom is 0.263 e. The summed E-state index contributed by atoms with van der Waals surface area (Å²) in [4.78, 5) is 36.0. The number of hydrogen-bond donors (Lipinski definition) is 1. The molecule has 39 heavy (non-hydrogen) atoms. The first-order valence-corrected chi connectivity index (χ1v) is 15.0. The second-order valence-corrected chi connectivity index (χ2v) is 12.3. The van der Waals surface area contributed by atoms with Crippen LogP contribution in [-0.2, 0) is 0 Å². The molecule has 2 aliphatic heterocycles. The standard InChI is InChI=1S/C29H40N8OS/c1-34(2)28(38)27-25(20-6-4-5-7-20)26-23(39-27)19-31-29(33-26)32-24-9-8-22(18-30-24)36-12-10-21(11-13-36)37-16-14-35(3)15-17-37/h8-9,18-21H,4-7,10-17H2,1-3H3,(H,30,31,32,33)/i3D3. The molecule has 3 aromatic heterocycles. The van der Waals surface area contributed by atoms with Crippen molar-refractivity contribution in [3.8, 4) is 0 Å². The Labute approximate surface area is 239 Å². The molecular formula is C29H40N8OS. The molecular weight excluding hydrogens is 508 g/mol. The Balaban J connectivity index is 1.09. The highest BCUT2D eigenvalue weighted by Crippen LogP contribution is 2.43. The third kappa shape index (κ3) is 5.60. The van der Waals surface area contributed by atoms with E-state index in [1.165, 1.54) is 24.2 Å². The van der Waals surface area contributed by atoms with Gasteiger partial charge in [0.05, 0.1) is 33.2 Å². The predicted octanol–water partition coefficient (Wildman–Crippen LogP) is 4.41. The molecule has 9 nitrogen and oxygen atoms in total. The summed E-state index contributed by atoms with van der Waals surface area (Å²) in [6.07, 6.45) is 10.4. The van der Waals surface area contributed by atoms with Crippen LogP contribution in [0.25, 0.3) is 10.2 Å². The van der Waals surface area contributed by atoms with Crippen molar-refractivity contribution >= 4 is 44.9 Å². The minimum absolute atomic E-state index is 0.0340. The average Bonchev–Trinajstić information content (AvgIpc) is 3.65. The second kappa shape index (κ2) is 11.3. The first kappa shape index (κ1) is 22.9. The van der Waals surface area contributed by atoms with Crippen molar-refractivity contribution in [3.63, 3.8) is 0 Å². The normalized spacial score (nSPS) is 21.6. The zero-order chi connectivity index (χ0) is 29.4. The number of nitrogens with zero attached hydrogens (tertiary/aromatic N) is 7. The van der Waals surface area contributed by atoms with Crippen LogP contribution < -0.4 is 10.2 Å². The summed E-state index contributed by atoms with van der Waals surface area (Å²) in [5.41, 5.74) is 3.06. The summed E-state index contributed by atoms with van der Waals surface area (Å²) in [5, 5.41) is 3.28. The van der Waals surface area contributed by atoms with Crippen LogP contribution in [0.15, 0.2) is 24.5 Å². The van der Waals surface area contributed by atoms with Gasteiger partial charge in [-0.3, -0.25) is 9.69 Å². The van der Waals surface area contributed by atoms with Gasteiger partial charge in [-0.25, -0.2) is 15.0 Å². The zero-order valence-corrected chi connectivity index (χ0v) is 23.7. The number of fused-ring (bicyclic) bond motifs is 1. The summed E-state index contributed by atoms with van der Waals surface area (Å²) in [6, 6.07) is 4.56. The number of thiophene rings is 1. The van der Waals surface area contributed by atoms with Gasteiger partial charge in [0.15, 0.2) is 0 Å². The number of anilines is 3. The largest absolute Gasteiger partial charge is 0.370 e. The van der Waals surface area contributed by atoms with E-state index in [9.17, 15) is 4.79 Å². The lowest BCUT2D eigenvalue weighted by molar-refractivity contribution is 0.0831. The fourth-order valence-corrected chi connectivity index (χ4v) is 7.48. The van der Waals surface area contributed by atoms with E-state index in [0.29, 0.717) is 36.8 Å². The third-order valence-electron chi connectivity index (χ3n) is 8.48. The highest BCUT2D eigenvalue weighted by Gasteiger charge is 2.30. The second-order valence-electron chi connectivity index (χ2n) is 11.2.